The van der Waals surface area contributed by atoms with Crippen molar-refractivity contribution >= 4 is 17.4 Å². The first-order chi connectivity index (χ1) is 14.0. The van der Waals surface area contributed by atoms with Crippen molar-refractivity contribution in [1.82, 2.24) is 25.3 Å². The number of hydrogen-bond acceptors (Lipinski definition) is 7. The maximum absolute atomic E-state index is 13.1. The van der Waals surface area contributed by atoms with Crippen molar-refractivity contribution in [2.24, 2.45) is 5.10 Å². The van der Waals surface area contributed by atoms with Crippen molar-refractivity contribution in [2.75, 3.05) is 6.67 Å². The van der Waals surface area contributed by atoms with Crippen LogP contribution in [0.25, 0.3) is 5.57 Å². The number of carbonyl (C=O) groups is 1. The molecule has 0 aliphatic carbocycles. The second-order valence-electron chi connectivity index (χ2n) is 5.82. The van der Waals surface area contributed by atoms with Gasteiger partial charge in [0, 0.05) is 24.2 Å². The minimum absolute atomic E-state index is 0.0595. The van der Waals surface area contributed by atoms with Crippen LogP contribution in [0.15, 0.2) is 42.2 Å². The monoisotopic (exact) mass is 432 g/mol. The summed E-state index contributed by atoms with van der Waals surface area (Å²) in [5, 5.41) is 13.1. The lowest BCUT2D eigenvalue weighted by atomic mass is 10.1. The molecule has 0 radical (unpaired) electrons. The van der Waals surface area contributed by atoms with Crippen LogP contribution in [0.1, 0.15) is 22.5 Å². The summed E-state index contributed by atoms with van der Waals surface area (Å²) in [5.74, 6) is -1.86. The van der Waals surface area contributed by atoms with E-state index in [0.29, 0.717) is 6.07 Å². The second kappa shape index (κ2) is 7.61. The third kappa shape index (κ3) is 4.47. The average molecular weight is 432 g/mol. The minimum atomic E-state index is -5.14. The van der Waals surface area contributed by atoms with Crippen molar-refractivity contribution in [3.05, 3.63) is 59.6 Å². The Morgan fingerprint density at radius 3 is 2.33 bits per heavy atom. The van der Waals surface area contributed by atoms with Crippen molar-refractivity contribution < 1.29 is 36.2 Å². The topological polar surface area (TPSA) is 104 Å². The smallest absolute Gasteiger partial charge is 0.433 e. The average Bonchev–Trinajstić information content (AvgIpc) is 3.13. The highest BCUT2D eigenvalue weighted by Crippen LogP contribution is 2.35. The van der Waals surface area contributed by atoms with E-state index in [4.69, 9.17) is 0 Å². The summed E-state index contributed by atoms with van der Waals surface area (Å²) >= 11 is 0. The molecule has 0 fully saturated rings. The molecule has 0 saturated heterocycles. The van der Waals surface area contributed by atoms with E-state index >= 15 is 0 Å². The van der Waals surface area contributed by atoms with Crippen LogP contribution in [0.4, 0.5) is 26.3 Å². The molecule has 2 aromatic rings. The number of aromatic nitrogens is 3. The number of carboxylic acids is 1. The lowest BCUT2D eigenvalue weighted by Gasteiger charge is -2.18. The number of pyridine rings is 1. The first-order valence-corrected chi connectivity index (χ1v) is 7.91. The zero-order valence-electron chi connectivity index (χ0n) is 14.5. The number of halogens is 6. The highest BCUT2D eigenvalue weighted by atomic mass is 19.4. The lowest BCUT2D eigenvalue weighted by molar-refractivity contribution is -0.145. The van der Waals surface area contributed by atoms with E-state index in [1.54, 1.807) is 0 Å². The fourth-order valence-electron chi connectivity index (χ4n) is 2.44. The van der Waals surface area contributed by atoms with Crippen LogP contribution in [0.5, 0.6) is 0 Å². The number of rotatable bonds is 4. The molecule has 158 valence electrons. The van der Waals surface area contributed by atoms with Gasteiger partial charge in [0.2, 0.25) is 0 Å². The normalized spacial score (nSPS) is 15.1. The third-order valence-corrected chi connectivity index (χ3v) is 3.76. The molecule has 8 nitrogen and oxygen atoms in total. The Morgan fingerprint density at radius 1 is 1.10 bits per heavy atom. The van der Waals surface area contributed by atoms with Gasteiger partial charge in [0.05, 0.1) is 11.1 Å². The van der Waals surface area contributed by atoms with E-state index in [9.17, 15) is 36.2 Å². The summed E-state index contributed by atoms with van der Waals surface area (Å²) < 4.78 is 78.4. The molecule has 0 atom stereocenters. The van der Waals surface area contributed by atoms with Gasteiger partial charge in [-0.1, -0.05) is 0 Å². The molecule has 2 aromatic heterocycles. The van der Waals surface area contributed by atoms with Crippen LogP contribution in [-0.2, 0) is 17.1 Å². The Kier molecular flexibility index (Phi) is 5.33. The maximum atomic E-state index is 13.1. The molecule has 0 unspecified atom stereocenters. The predicted molar refractivity (Wildman–Crippen MR) is 88.3 cm³/mol. The predicted octanol–water partition coefficient (Wildman–Crippen LogP) is 2.56. The first-order valence-electron chi connectivity index (χ1n) is 7.91. The summed E-state index contributed by atoms with van der Waals surface area (Å²) in [4.78, 5) is 23.2. The Morgan fingerprint density at radius 2 is 1.77 bits per heavy atom. The number of carboxylic acid groups (broad SMARTS) is 1. The quantitative estimate of drug-likeness (QED) is 0.565. The van der Waals surface area contributed by atoms with Gasteiger partial charge in [-0.15, -0.1) is 0 Å². The number of aliphatic carboxylic acids is 1. The van der Waals surface area contributed by atoms with Crippen LogP contribution in [-0.4, -0.2) is 43.4 Å². The number of alkyl halides is 6. The Balaban J connectivity index is 2.08. The van der Waals surface area contributed by atoms with Crippen LogP contribution < -0.4 is 5.43 Å². The highest BCUT2D eigenvalue weighted by Gasteiger charge is 2.39. The van der Waals surface area contributed by atoms with Gasteiger partial charge in [-0.25, -0.2) is 19.7 Å². The van der Waals surface area contributed by atoms with Crippen LogP contribution in [0.2, 0.25) is 0 Å². The number of hydrazone groups is 1. The van der Waals surface area contributed by atoms with Gasteiger partial charge in [-0.05, 0) is 12.1 Å². The fraction of sp³-hybridized carbons (Fsp3) is 0.188. The van der Waals surface area contributed by atoms with E-state index in [1.165, 1.54) is 12.4 Å². The number of hydrogen-bond donors (Lipinski definition) is 2. The fourth-order valence-corrected chi connectivity index (χ4v) is 2.44. The molecule has 0 aromatic carbocycles. The van der Waals surface area contributed by atoms with Crippen molar-refractivity contribution in [3.8, 4) is 0 Å². The van der Waals surface area contributed by atoms with Crippen molar-refractivity contribution in [1.29, 1.82) is 0 Å². The molecule has 0 saturated carbocycles. The van der Waals surface area contributed by atoms with Crippen LogP contribution in [0.3, 0.4) is 0 Å². The highest BCUT2D eigenvalue weighted by molar-refractivity contribution is 6.15. The number of nitrogens with zero attached hydrogens (tertiary/aromatic N) is 5. The summed E-state index contributed by atoms with van der Waals surface area (Å²) in [7, 11) is 0. The lowest BCUT2D eigenvalue weighted by Crippen LogP contribution is -2.28. The van der Waals surface area contributed by atoms with Gasteiger partial charge >= 0.3 is 18.3 Å². The van der Waals surface area contributed by atoms with Gasteiger partial charge in [-0.2, -0.15) is 31.4 Å². The summed E-state index contributed by atoms with van der Waals surface area (Å²) in [6.45, 7) is -0.223. The van der Waals surface area contributed by atoms with Crippen LogP contribution >= 0.6 is 0 Å². The summed E-state index contributed by atoms with van der Waals surface area (Å²) in [6, 6.07) is 0.282. The van der Waals surface area contributed by atoms with Gasteiger partial charge in [-0.3, -0.25) is 5.43 Å². The van der Waals surface area contributed by atoms with Gasteiger partial charge in [0.25, 0.3) is 0 Å². The molecule has 3 rings (SSSR count). The minimum Gasteiger partial charge on any atom is -0.478 e. The summed E-state index contributed by atoms with van der Waals surface area (Å²) in [5.41, 5.74) is -2.01. The van der Waals surface area contributed by atoms with E-state index in [1.807, 2.05) is 0 Å². The zero-order chi connectivity index (χ0) is 22.1. The zero-order valence-corrected chi connectivity index (χ0v) is 14.5. The van der Waals surface area contributed by atoms with E-state index < -0.39 is 41.1 Å². The Hall–Kier alpha value is -3.71. The largest absolute Gasteiger partial charge is 0.478 e. The number of nitrogens with one attached hydrogen (secondary N) is 1. The van der Waals surface area contributed by atoms with Crippen LogP contribution in [0, 0.1) is 0 Å². The Bertz CT molecular complexity index is 987. The van der Waals surface area contributed by atoms with E-state index in [-0.39, 0.29) is 23.9 Å². The molecule has 1 aliphatic heterocycles. The molecule has 1 aliphatic rings. The molecule has 0 amide bonds. The van der Waals surface area contributed by atoms with Gasteiger partial charge in [0.1, 0.15) is 24.4 Å². The second-order valence-corrected chi connectivity index (χ2v) is 5.82. The Labute approximate surface area is 163 Å². The van der Waals surface area contributed by atoms with E-state index in [2.05, 4.69) is 25.5 Å². The molecule has 14 heteroatoms. The summed E-state index contributed by atoms with van der Waals surface area (Å²) in [6.07, 6.45) is -5.72. The molecule has 2 N–H and O–H groups in total. The molecule has 0 spiro atoms. The first kappa shape index (κ1) is 21.0. The SMILES string of the molecule is O=C(O)/C(=C/N1CNN=C1c1cc(C(F)(F)F)cc(C(F)(F)F)n1)c1cncnc1. The van der Waals surface area contributed by atoms with Crippen molar-refractivity contribution in [2.45, 2.75) is 12.4 Å². The standard InChI is InChI=1S/C16H10F6N6O2/c17-15(18,19)9-1-11(26-12(2-9)16(20,21)22)13-27-25-7-28(13)5-10(14(29)30)8-3-23-6-24-4-8/h1-6,25H,7H2,(H,29,30)/b10-5+. The molecular weight excluding hydrogens is 422 g/mol. The molecule has 3 heterocycles. The van der Waals surface area contributed by atoms with Crippen molar-refractivity contribution in [3.63, 3.8) is 0 Å². The maximum Gasteiger partial charge on any atom is 0.433 e. The molecular formula is C16H10F6N6O2. The number of amidine groups is 1. The van der Waals surface area contributed by atoms with Gasteiger partial charge < -0.3 is 10.0 Å². The van der Waals surface area contributed by atoms with Gasteiger partial charge in [0.15, 0.2) is 5.84 Å². The van der Waals surface area contributed by atoms with E-state index in [0.717, 1.165) is 17.4 Å². The molecule has 0 bridgehead atoms. The third-order valence-electron chi connectivity index (χ3n) is 3.76. The molecule has 30 heavy (non-hydrogen) atoms.